The van der Waals surface area contributed by atoms with Crippen molar-refractivity contribution in [2.24, 2.45) is 0 Å². The van der Waals surface area contributed by atoms with Gasteiger partial charge in [0, 0.05) is 16.2 Å². The van der Waals surface area contributed by atoms with Crippen molar-refractivity contribution in [2.75, 3.05) is 17.7 Å². The van der Waals surface area contributed by atoms with Crippen LogP contribution in [0, 0.1) is 9.39 Å². The molecular weight excluding hydrogens is 414 g/mol. The number of anilines is 2. The van der Waals surface area contributed by atoms with Crippen molar-refractivity contribution in [2.45, 2.75) is 6.92 Å². The van der Waals surface area contributed by atoms with Crippen LogP contribution in [0.4, 0.5) is 15.8 Å². The van der Waals surface area contributed by atoms with Gasteiger partial charge in [0.2, 0.25) is 5.91 Å². The Morgan fingerprint density at radius 1 is 1.13 bits per heavy atom. The van der Waals surface area contributed by atoms with Gasteiger partial charge in [0.25, 0.3) is 5.91 Å². The van der Waals surface area contributed by atoms with Crippen molar-refractivity contribution in [1.82, 2.24) is 0 Å². The molecule has 0 fully saturated rings. The number of halogens is 2. The average molecular weight is 428 g/mol. The van der Waals surface area contributed by atoms with Gasteiger partial charge in [-0.25, -0.2) is 4.39 Å². The van der Waals surface area contributed by atoms with Crippen LogP contribution in [0.1, 0.15) is 17.3 Å². The topological polar surface area (TPSA) is 67.4 Å². The second-order valence-corrected chi connectivity index (χ2v) is 5.84. The molecular formula is C16H14FIN2O3. The number of ether oxygens (including phenoxy) is 1. The highest BCUT2D eigenvalue weighted by molar-refractivity contribution is 14.1. The number of methoxy groups -OCH3 is 1. The van der Waals surface area contributed by atoms with Gasteiger partial charge in [-0.2, -0.15) is 0 Å². The first-order valence-electron chi connectivity index (χ1n) is 6.62. The standard InChI is InChI=1S/C16H14FIN2O3/c1-9(21)19-14-8-11(4-6-15(14)23-2)20-16(22)12-5-3-10(17)7-13(12)18/h3-8H,1-2H3,(H,19,21)(H,20,22). The fraction of sp³-hybridized carbons (Fsp3) is 0.125. The largest absolute Gasteiger partial charge is 0.495 e. The number of carbonyl (C=O) groups excluding carboxylic acids is 2. The van der Waals surface area contributed by atoms with Crippen LogP contribution in [0.2, 0.25) is 0 Å². The van der Waals surface area contributed by atoms with Gasteiger partial charge >= 0.3 is 0 Å². The van der Waals surface area contributed by atoms with Crippen molar-refractivity contribution < 1.29 is 18.7 Å². The molecule has 5 nitrogen and oxygen atoms in total. The minimum Gasteiger partial charge on any atom is -0.495 e. The first kappa shape index (κ1) is 17.2. The smallest absolute Gasteiger partial charge is 0.256 e. The van der Waals surface area contributed by atoms with Crippen molar-refractivity contribution in [3.05, 3.63) is 51.3 Å². The molecule has 0 aliphatic rings. The number of nitrogens with one attached hydrogen (secondary N) is 2. The van der Waals surface area contributed by atoms with E-state index in [0.717, 1.165) is 0 Å². The lowest BCUT2D eigenvalue weighted by molar-refractivity contribution is -0.114. The summed E-state index contributed by atoms with van der Waals surface area (Å²) in [5, 5.41) is 5.34. The Kier molecular flexibility index (Phi) is 5.54. The van der Waals surface area contributed by atoms with Crippen LogP contribution in [0.5, 0.6) is 5.75 Å². The summed E-state index contributed by atoms with van der Waals surface area (Å²) in [6.07, 6.45) is 0. The molecule has 0 heterocycles. The first-order chi connectivity index (χ1) is 10.9. The van der Waals surface area contributed by atoms with Crippen molar-refractivity contribution in [1.29, 1.82) is 0 Å². The monoisotopic (exact) mass is 428 g/mol. The summed E-state index contributed by atoms with van der Waals surface area (Å²) in [5.41, 5.74) is 1.30. The quantitative estimate of drug-likeness (QED) is 0.731. The molecule has 0 aromatic heterocycles. The molecule has 0 spiro atoms. The van der Waals surface area contributed by atoms with Crippen molar-refractivity contribution >= 4 is 45.8 Å². The van der Waals surface area contributed by atoms with Crippen molar-refractivity contribution in [3.63, 3.8) is 0 Å². The molecule has 0 radical (unpaired) electrons. The predicted octanol–water partition coefficient (Wildman–Crippen LogP) is 3.65. The number of amides is 2. The molecule has 2 amide bonds. The third kappa shape index (κ3) is 4.41. The number of rotatable bonds is 4. The van der Waals surface area contributed by atoms with E-state index in [-0.39, 0.29) is 11.8 Å². The highest BCUT2D eigenvalue weighted by Crippen LogP contribution is 2.28. The van der Waals surface area contributed by atoms with Crippen LogP contribution >= 0.6 is 22.6 Å². The number of benzene rings is 2. The Labute approximate surface area is 146 Å². The van der Waals surface area contributed by atoms with Gasteiger partial charge in [0.05, 0.1) is 18.4 Å². The predicted molar refractivity (Wildman–Crippen MR) is 94.4 cm³/mol. The number of carbonyl (C=O) groups is 2. The zero-order valence-electron chi connectivity index (χ0n) is 12.4. The van der Waals surface area contributed by atoms with Crippen LogP contribution < -0.4 is 15.4 Å². The molecule has 0 bridgehead atoms. The van der Waals surface area contributed by atoms with Gasteiger partial charge in [-0.05, 0) is 59.0 Å². The van der Waals surface area contributed by atoms with E-state index in [1.807, 2.05) is 22.6 Å². The van der Waals surface area contributed by atoms with Crippen LogP contribution in [-0.4, -0.2) is 18.9 Å². The van der Waals surface area contributed by atoms with Gasteiger partial charge in [0.15, 0.2) is 0 Å². The Hall–Kier alpha value is -2.16. The summed E-state index contributed by atoms with van der Waals surface area (Å²) in [4.78, 5) is 23.5. The summed E-state index contributed by atoms with van der Waals surface area (Å²) >= 11 is 1.90. The van der Waals surface area contributed by atoms with E-state index in [2.05, 4.69) is 10.6 Å². The number of hydrogen-bond acceptors (Lipinski definition) is 3. The van der Waals surface area contributed by atoms with Gasteiger partial charge in [-0.15, -0.1) is 0 Å². The third-order valence-corrected chi connectivity index (χ3v) is 3.84. The summed E-state index contributed by atoms with van der Waals surface area (Å²) in [7, 11) is 1.49. The molecule has 0 saturated heterocycles. The van der Waals surface area contributed by atoms with Crippen molar-refractivity contribution in [3.8, 4) is 5.75 Å². The maximum atomic E-state index is 13.1. The van der Waals surface area contributed by atoms with Crippen LogP contribution in [0.25, 0.3) is 0 Å². The molecule has 0 atom stereocenters. The molecule has 0 unspecified atom stereocenters. The van der Waals surface area contributed by atoms with Crippen LogP contribution in [0.3, 0.4) is 0 Å². The second kappa shape index (κ2) is 7.40. The SMILES string of the molecule is COc1ccc(NC(=O)c2ccc(F)cc2I)cc1NC(C)=O. The fourth-order valence-electron chi connectivity index (χ4n) is 1.95. The van der Waals surface area contributed by atoms with E-state index in [9.17, 15) is 14.0 Å². The van der Waals surface area contributed by atoms with Crippen LogP contribution in [-0.2, 0) is 4.79 Å². The summed E-state index contributed by atoms with van der Waals surface area (Å²) in [6, 6.07) is 8.81. The van der Waals surface area contributed by atoms with E-state index in [1.165, 1.54) is 32.2 Å². The molecule has 0 aliphatic carbocycles. The van der Waals surface area contributed by atoms with Crippen LogP contribution in [0.15, 0.2) is 36.4 Å². The van der Waals surface area contributed by atoms with Gasteiger partial charge in [0.1, 0.15) is 11.6 Å². The Morgan fingerprint density at radius 2 is 1.87 bits per heavy atom. The van der Waals surface area contributed by atoms with E-state index >= 15 is 0 Å². The van der Waals surface area contributed by atoms with Gasteiger partial charge in [-0.3, -0.25) is 9.59 Å². The summed E-state index contributed by atoms with van der Waals surface area (Å²) < 4.78 is 18.8. The zero-order valence-corrected chi connectivity index (χ0v) is 14.6. The summed E-state index contributed by atoms with van der Waals surface area (Å²) in [6.45, 7) is 1.38. The van der Waals surface area contributed by atoms with E-state index in [0.29, 0.717) is 26.3 Å². The zero-order chi connectivity index (χ0) is 17.0. The maximum Gasteiger partial charge on any atom is 0.256 e. The van der Waals surface area contributed by atoms with Gasteiger partial charge < -0.3 is 15.4 Å². The fourth-order valence-corrected chi connectivity index (χ4v) is 2.67. The molecule has 0 saturated carbocycles. The lowest BCUT2D eigenvalue weighted by Gasteiger charge is -2.12. The molecule has 2 N–H and O–H groups in total. The minimum atomic E-state index is -0.400. The third-order valence-electron chi connectivity index (χ3n) is 2.94. The molecule has 7 heteroatoms. The first-order valence-corrected chi connectivity index (χ1v) is 7.70. The highest BCUT2D eigenvalue weighted by atomic mass is 127. The molecule has 23 heavy (non-hydrogen) atoms. The minimum absolute atomic E-state index is 0.250. The molecule has 2 rings (SSSR count). The maximum absolute atomic E-state index is 13.1. The highest BCUT2D eigenvalue weighted by Gasteiger charge is 2.13. The summed E-state index contributed by atoms with van der Waals surface area (Å²) in [5.74, 6) is -0.536. The average Bonchev–Trinajstić information content (AvgIpc) is 2.46. The Bertz CT molecular complexity index is 765. The second-order valence-electron chi connectivity index (χ2n) is 4.67. The normalized spacial score (nSPS) is 10.1. The lowest BCUT2D eigenvalue weighted by atomic mass is 10.2. The molecule has 2 aromatic rings. The number of hydrogen-bond donors (Lipinski definition) is 2. The van der Waals surface area contributed by atoms with Gasteiger partial charge in [-0.1, -0.05) is 0 Å². The Balaban J connectivity index is 2.25. The van der Waals surface area contributed by atoms with E-state index in [4.69, 9.17) is 4.74 Å². The van der Waals surface area contributed by atoms with E-state index in [1.54, 1.807) is 18.2 Å². The molecule has 0 aliphatic heterocycles. The molecule has 2 aromatic carbocycles. The van der Waals surface area contributed by atoms with E-state index < -0.39 is 5.82 Å². The molecule has 120 valence electrons. The lowest BCUT2D eigenvalue weighted by Crippen LogP contribution is -2.14. The Morgan fingerprint density at radius 3 is 2.48 bits per heavy atom.